The van der Waals surface area contributed by atoms with Crippen molar-refractivity contribution in [2.75, 3.05) is 6.54 Å². The lowest BCUT2D eigenvalue weighted by Gasteiger charge is -2.21. The summed E-state index contributed by atoms with van der Waals surface area (Å²) < 4.78 is 1.18. The average Bonchev–Trinajstić information content (AvgIpc) is 2.48. The molecule has 0 aliphatic carbocycles. The summed E-state index contributed by atoms with van der Waals surface area (Å²) in [5, 5.41) is 3.69. The van der Waals surface area contributed by atoms with Crippen molar-refractivity contribution in [2.24, 2.45) is 0 Å². The van der Waals surface area contributed by atoms with Gasteiger partial charge in [0.25, 0.3) is 0 Å². The van der Waals surface area contributed by atoms with Gasteiger partial charge < -0.3 is 5.32 Å². The molecule has 112 valence electrons. The molecule has 1 unspecified atom stereocenters. The molecule has 0 amide bonds. The Hall–Kier alpha value is -1.12. The molecule has 2 heteroatoms. The standard InChI is InChI=1S/C19H24BrN/c1-4-11-21-19(13-16-8-6-5-7-14(16)2)17-9-10-18(20)15(3)12-17/h5-10,12,19,21H,4,11,13H2,1-3H3. The fourth-order valence-electron chi connectivity index (χ4n) is 2.57. The van der Waals surface area contributed by atoms with E-state index in [1.807, 2.05) is 0 Å². The van der Waals surface area contributed by atoms with Crippen LogP contribution in [-0.4, -0.2) is 6.54 Å². The summed E-state index contributed by atoms with van der Waals surface area (Å²) in [4.78, 5) is 0. The maximum absolute atomic E-state index is 3.69. The molecular weight excluding hydrogens is 322 g/mol. The first-order chi connectivity index (χ1) is 10.1. The fraction of sp³-hybridized carbons (Fsp3) is 0.368. The van der Waals surface area contributed by atoms with Crippen molar-refractivity contribution in [3.63, 3.8) is 0 Å². The second-order valence-corrected chi connectivity index (χ2v) is 6.50. The summed E-state index contributed by atoms with van der Waals surface area (Å²) in [5.41, 5.74) is 5.45. The van der Waals surface area contributed by atoms with Gasteiger partial charge >= 0.3 is 0 Å². The molecule has 1 N–H and O–H groups in total. The van der Waals surface area contributed by atoms with Crippen LogP contribution in [0.2, 0.25) is 0 Å². The molecule has 21 heavy (non-hydrogen) atoms. The van der Waals surface area contributed by atoms with Gasteiger partial charge in [-0.25, -0.2) is 0 Å². The minimum atomic E-state index is 0.373. The molecule has 1 atom stereocenters. The Morgan fingerprint density at radius 2 is 1.81 bits per heavy atom. The Morgan fingerprint density at radius 1 is 1.05 bits per heavy atom. The normalized spacial score (nSPS) is 12.4. The summed E-state index contributed by atoms with van der Waals surface area (Å²) >= 11 is 3.59. The summed E-state index contributed by atoms with van der Waals surface area (Å²) in [6, 6.07) is 15.7. The van der Waals surface area contributed by atoms with Gasteiger partial charge in [0.05, 0.1) is 0 Å². The molecule has 2 aromatic carbocycles. The van der Waals surface area contributed by atoms with Gasteiger partial charge in [0.2, 0.25) is 0 Å². The lowest BCUT2D eigenvalue weighted by Crippen LogP contribution is -2.24. The third-order valence-electron chi connectivity index (χ3n) is 3.91. The molecule has 0 fully saturated rings. The minimum Gasteiger partial charge on any atom is -0.310 e. The molecule has 1 nitrogen and oxygen atoms in total. The third-order valence-corrected chi connectivity index (χ3v) is 4.80. The molecule has 0 heterocycles. The van der Waals surface area contributed by atoms with Crippen LogP contribution in [0.1, 0.15) is 41.6 Å². The van der Waals surface area contributed by atoms with E-state index in [4.69, 9.17) is 0 Å². The highest BCUT2D eigenvalue weighted by atomic mass is 79.9. The van der Waals surface area contributed by atoms with Gasteiger partial charge in [-0.05, 0) is 61.6 Å². The molecule has 0 saturated carbocycles. The maximum atomic E-state index is 3.69. The highest BCUT2D eigenvalue weighted by Crippen LogP contribution is 2.25. The van der Waals surface area contributed by atoms with Crippen LogP contribution in [0.5, 0.6) is 0 Å². The summed E-state index contributed by atoms with van der Waals surface area (Å²) in [6.07, 6.45) is 2.19. The van der Waals surface area contributed by atoms with Gasteiger partial charge in [0, 0.05) is 10.5 Å². The van der Waals surface area contributed by atoms with E-state index in [1.54, 1.807) is 0 Å². The SMILES string of the molecule is CCCNC(Cc1ccccc1C)c1ccc(Br)c(C)c1. The van der Waals surface area contributed by atoms with E-state index in [0.29, 0.717) is 6.04 Å². The van der Waals surface area contributed by atoms with E-state index in [2.05, 4.69) is 84.5 Å². The Morgan fingerprint density at radius 3 is 2.48 bits per heavy atom. The number of rotatable bonds is 6. The van der Waals surface area contributed by atoms with E-state index in [9.17, 15) is 0 Å². The molecule has 0 aliphatic rings. The highest BCUT2D eigenvalue weighted by Gasteiger charge is 2.13. The number of aryl methyl sites for hydroxylation is 2. The van der Waals surface area contributed by atoms with Crippen LogP contribution < -0.4 is 5.32 Å². The van der Waals surface area contributed by atoms with Crippen LogP contribution in [0.25, 0.3) is 0 Å². The first-order valence-corrected chi connectivity index (χ1v) is 8.45. The Bertz CT molecular complexity index is 592. The van der Waals surface area contributed by atoms with Crippen molar-refractivity contribution in [3.05, 3.63) is 69.2 Å². The van der Waals surface area contributed by atoms with Gasteiger partial charge in [-0.2, -0.15) is 0 Å². The zero-order valence-electron chi connectivity index (χ0n) is 13.1. The van der Waals surface area contributed by atoms with E-state index < -0.39 is 0 Å². The average molecular weight is 346 g/mol. The fourth-order valence-corrected chi connectivity index (χ4v) is 2.82. The van der Waals surface area contributed by atoms with Crippen molar-refractivity contribution >= 4 is 15.9 Å². The Kier molecular flexibility index (Phi) is 6.01. The molecule has 0 aromatic heterocycles. The van der Waals surface area contributed by atoms with E-state index in [0.717, 1.165) is 19.4 Å². The molecule has 0 aliphatic heterocycles. The zero-order chi connectivity index (χ0) is 15.2. The number of nitrogens with one attached hydrogen (secondary N) is 1. The van der Waals surface area contributed by atoms with Crippen LogP contribution in [0, 0.1) is 13.8 Å². The quantitative estimate of drug-likeness (QED) is 0.743. The molecule has 0 radical (unpaired) electrons. The summed E-state index contributed by atoms with van der Waals surface area (Å²) in [6.45, 7) is 7.60. The predicted molar refractivity (Wildman–Crippen MR) is 94.8 cm³/mol. The largest absolute Gasteiger partial charge is 0.310 e. The van der Waals surface area contributed by atoms with E-state index in [-0.39, 0.29) is 0 Å². The molecule has 0 bridgehead atoms. The topological polar surface area (TPSA) is 12.0 Å². The molecule has 0 spiro atoms. The van der Waals surface area contributed by atoms with Crippen LogP contribution in [0.3, 0.4) is 0 Å². The van der Waals surface area contributed by atoms with Crippen molar-refractivity contribution in [1.82, 2.24) is 5.32 Å². The molecule has 0 saturated heterocycles. The monoisotopic (exact) mass is 345 g/mol. The van der Waals surface area contributed by atoms with Crippen LogP contribution in [0.15, 0.2) is 46.9 Å². The second-order valence-electron chi connectivity index (χ2n) is 5.65. The highest BCUT2D eigenvalue weighted by molar-refractivity contribution is 9.10. The van der Waals surface area contributed by atoms with Crippen LogP contribution in [0.4, 0.5) is 0 Å². The summed E-state index contributed by atoms with van der Waals surface area (Å²) in [5.74, 6) is 0. The molecular formula is C19H24BrN. The van der Waals surface area contributed by atoms with Crippen molar-refractivity contribution in [1.29, 1.82) is 0 Å². The number of hydrogen-bond donors (Lipinski definition) is 1. The minimum absolute atomic E-state index is 0.373. The van der Waals surface area contributed by atoms with Crippen molar-refractivity contribution < 1.29 is 0 Å². The van der Waals surface area contributed by atoms with E-state index in [1.165, 1.54) is 26.7 Å². The van der Waals surface area contributed by atoms with Gasteiger partial charge in [0.15, 0.2) is 0 Å². The van der Waals surface area contributed by atoms with Crippen molar-refractivity contribution in [2.45, 2.75) is 39.7 Å². The van der Waals surface area contributed by atoms with Crippen LogP contribution in [-0.2, 0) is 6.42 Å². The maximum Gasteiger partial charge on any atom is 0.0361 e. The lowest BCUT2D eigenvalue weighted by molar-refractivity contribution is 0.528. The van der Waals surface area contributed by atoms with Gasteiger partial charge in [0.1, 0.15) is 0 Å². The molecule has 2 rings (SSSR count). The first-order valence-electron chi connectivity index (χ1n) is 7.65. The van der Waals surface area contributed by atoms with Gasteiger partial charge in [-0.3, -0.25) is 0 Å². The smallest absolute Gasteiger partial charge is 0.0361 e. The lowest BCUT2D eigenvalue weighted by atomic mass is 9.95. The Labute approximate surface area is 136 Å². The van der Waals surface area contributed by atoms with Crippen LogP contribution >= 0.6 is 15.9 Å². The van der Waals surface area contributed by atoms with E-state index >= 15 is 0 Å². The number of halogens is 1. The second kappa shape index (κ2) is 7.77. The third kappa shape index (κ3) is 4.42. The predicted octanol–water partition coefficient (Wildman–Crippen LogP) is 5.35. The van der Waals surface area contributed by atoms with Crippen molar-refractivity contribution in [3.8, 4) is 0 Å². The zero-order valence-corrected chi connectivity index (χ0v) is 14.7. The van der Waals surface area contributed by atoms with Gasteiger partial charge in [-0.15, -0.1) is 0 Å². The summed E-state index contributed by atoms with van der Waals surface area (Å²) in [7, 11) is 0. The first kappa shape index (κ1) is 16.3. The Balaban J connectivity index is 2.25. The number of hydrogen-bond acceptors (Lipinski definition) is 1. The van der Waals surface area contributed by atoms with Gasteiger partial charge in [-0.1, -0.05) is 59.3 Å². The molecule has 2 aromatic rings. The number of benzene rings is 2.